The monoisotopic (exact) mass is 505 g/mol. The van der Waals surface area contributed by atoms with Gasteiger partial charge in [0.1, 0.15) is 11.5 Å². The number of nitriles is 2. The molecule has 0 radical (unpaired) electrons. The van der Waals surface area contributed by atoms with Crippen molar-refractivity contribution in [2.45, 2.75) is 6.42 Å². The summed E-state index contributed by atoms with van der Waals surface area (Å²) in [5.41, 5.74) is 1.35. The first-order valence-corrected chi connectivity index (χ1v) is 10.7. The molecule has 3 aromatic carbocycles. The van der Waals surface area contributed by atoms with Gasteiger partial charge in [-0.25, -0.2) is 4.79 Å². The van der Waals surface area contributed by atoms with Gasteiger partial charge >= 0.3 is 5.97 Å². The van der Waals surface area contributed by atoms with Crippen LogP contribution in [-0.4, -0.2) is 33.2 Å². The molecule has 0 aliphatic rings. The van der Waals surface area contributed by atoms with E-state index in [1.165, 1.54) is 51.7 Å². The van der Waals surface area contributed by atoms with Crippen LogP contribution in [0.15, 0.2) is 48.5 Å². The summed E-state index contributed by atoms with van der Waals surface area (Å²) >= 11 is 6.26. The first kappa shape index (κ1) is 25.9. The molecular weight excluding hydrogens is 486 g/mol. The number of carbonyl (C=O) groups is 2. The largest absolute Gasteiger partial charge is 0.493 e. The normalized spacial score (nSPS) is 9.94. The predicted molar refractivity (Wildman–Crippen MR) is 131 cm³/mol. The zero-order valence-electron chi connectivity index (χ0n) is 19.5. The van der Waals surface area contributed by atoms with Crippen molar-refractivity contribution in [1.29, 1.82) is 10.5 Å². The van der Waals surface area contributed by atoms with Gasteiger partial charge in [0.25, 0.3) is 0 Å². The lowest BCUT2D eigenvalue weighted by atomic mass is 10.1. The number of nitrogens with one attached hydrogen (secondary N) is 1. The van der Waals surface area contributed by atoms with Gasteiger partial charge in [-0.05, 0) is 35.9 Å². The Hall–Kier alpha value is -4.73. The fourth-order valence-corrected chi connectivity index (χ4v) is 3.45. The minimum absolute atomic E-state index is 0.0792. The van der Waals surface area contributed by atoms with Gasteiger partial charge in [0, 0.05) is 12.1 Å². The van der Waals surface area contributed by atoms with E-state index in [-0.39, 0.29) is 45.3 Å². The van der Waals surface area contributed by atoms with Gasteiger partial charge in [0.15, 0.2) is 11.5 Å². The van der Waals surface area contributed by atoms with Crippen LogP contribution in [0.2, 0.25) is 5.02 Å². The quantitative estimate of drug-likeness (QED) is 0.429. The molecule has 0 unspecified atom stereocenters. The number of amides is 1. The van der Waals surface area contributed by atoms with Gasteiger partial charge in [-0.3, -0.25) is 4.79 Å². The lowest BCUT2D eigenvalue weighted by molar-refractivity contribution is -0.115. The molecule has 1 N–H and O–H groups in total. The maximum Gasteiger partial charge on any atom is 0.340 e. The molecule has 0 bridgehead atoms. The second-order valence-electron chi connectivity index (χ2n) is 7.31. The summed E-state index contributed by atoms with van der Waals surface area (Å²) < 4.78 is 21.1. The molecule has 3 aromatic rings. The van der Waals surface area contributed by atoms with Gasteiger partial charge < -0.3 is 24.3 Å². The number of nitrogens with zero attached hydrogens (tertiary/aromatic N) is 2. The van der Waals surface area contributed by atoms with Crippen LogP contribution in [0.5, 0.6) is 23.0 Å². The van der Waals surface area contributed by atoms with E-state index in [4.69, 9.17) is 41.1 Å². The van der Waals surface area contributed by atoms with E-state index in [1.54, 1.807) is 18.2 Å². The highest BCUT2D eigenvalue weighted by molar-refractivity contribution is 6.32. The standard InChI is InChI=1S/C26H20ClN3O6/c1-33-23-11-19(26(32)35-3)21(12-24(23)34-2)30-25(31)10-15-4-5-20(27)22(9-15)36-18-7-16(13-28)6-17(8-18)14-29/h4-9,11-12H,10H2,1-3H3,(H,30,31). The molecule has 9 nitrogen and oxygen atoms in total. The lowest BCUT2D eigenvalue weighted by Gasteiger charge is -2.15. The minimum atomic E-state index is -0.662. The molecule has 0 atom stereocenters. The Bertz CT molecular complexity index is 1380. The maximum absolute atomic E-state index is 12.8. The number of carbonyl (C=O) groups excluding carboxylic acids is 2. The molecule has 0 saturated heterocycles. The number of methoxy groups -OCH3 is 3. The van der Waals surface area contributed by atoms with Crippen molar-refractivity contribution in [3.8, 4) is 35.1 Å². The molecule has 1 amide bonds. The summed E-state index contributed by atoms with van der Waals surface area (Å²) in [5.74, 6) is 0.0162. The molecule has 0 spiro atoms. The fraction of sp³-hybridized carbons (Fsp3) is 0.154. The Labute approximate surface area is 212 Å². The zero-order valence-corrected chi connectivity index (χ0v) is 20.3. The highest BCUT2D eigenvalue weighted by Crippen LogP contribution is 2.34. The second kappa shape index (κ2) is 11.6. The van der Waals surface area contributed by atoms with Crippen LogP contribution in [0.1, 0.15) is 27.0 Å². The molecule has 0 saturated carbocycles. The smallest absolute Gasteiger partial charge is 0.340 e. The summed E-state index contributed by atoms with van der Waals surface area (Å²) in [6.45, 7) is 0. The van der Waals surface area contributed by atoms with E-state index in [9.17, 15) is 9.59 Å². The van der Waals surface area contributed by atoms with Gasteiger partial charge in [-0.1, -0.05) is 17.7 Å². The van der Waals surface area contributed by atoms with Crippen molar-refractivity contribution < 1.29 is 28.5 Å². The lowest BCUT2D eigenvalue weighted by Crippen LogP contribution is -2.17. The summed E-state index contributed by atoms with van der Waals surface area (Å²) in [4.78, 5) is 25.1. The van der Waals surface area contributed by atoms with E-state index >= 15 is 0 Å². The van der Waals surface area contributed by atoms with Crippen molar-refractivity contribution in [2.75, 3.05) is 26.6 Å². The average molecular weight is 506 g/mol. The first-order valence-electron chi connectivity index (χ1n) is 10.4. The van der Waals surface area contributed by atoms with Crippen molar-refractivity contribution in [3.63, 3.8) is 0 Å². The average Bonchev–Trinajstić information content (AvgIpc) is 2.89. The number of anilines is 1. The van der Waals surface area contributed by atoms with Crippen molar-refractivity contribution in [1.82, 2.24) is 0 Å². The molecule has 0 aromatic heterocycles. The Balaban J connectivity index is 1.84. The van der Waals surface area contributed by atoms with E-state index in [0.29, 0.717) is 17.1 Å². The summed E-state index contributed by atoms with van der Waals surface area (Å²) in [7, 11) is 4.09. The van der Waals surface area contributed by atoms with E-state index in [2.05, 4.69) is 5.32 Å². The molecular formula is C26H20ClN3O6. The Morgan fingerprint density at radius 2 is 1.53 bits per heavy atom. The maximum atomic E-state index is 12.8. The molecule has 0 aliphatic heterocycles. The van der Waals surface area contributed by atoms with Gasteiger partial charge in [-0.15, -0.1) is 0 Å². The van der Waals surface area contributed by atoms with Crippen LogP contribution in [0, 0.1) is 22.7 Å². The predicted octanol–water partition coefficient (Wildman–Crippen LogP) is 4.86. The molecule has 0 heterocycles. The summed E-state index contributed by atoms with van der Waals surface area (Å²) in [6.07, 6.45) is -0.0792. The Kier molecular flexibility index (Phi) is 8.35. The van der Waals surface area contributed by atoms with E-state index < -0.39 is 11.9 Å². The summed E-state index contributed by atoms with van der Waals surface area (Å²) in [6, 6.07) is 16.0. The Morgan fingerprint density at radius 3 is 2.11 bits per heavy atom. The van der Waals surface area contributed by atoms with Crippen molar-refractivity contribution in [2.24, 2.45) is 0 Å². The number of halogens is 1. The third kappa shape index (κ3) is 6.03. The SMILES string of the molecule is COC(=O)c1cc(OC)c(OC)cc1NC(=O)Cc1ccc(Cl)c(Oc2cc(C#N)cc(C#N)c2)c1. The van der Waals surface area contributed by atoms with Crippen LogP contribution < -0.4 is 19.5 Å². The number of esters is 1. The number of hydrogen-bond acceptors (Lipinski definition) is 8. The number of rotatable bonds is 8. The highest BCUT2D eigenvalue weighted by atomic mass is 35.5. The van der Waals surface area contributed by atoms with Crippen LogP contribution in [0.4, 0.5) is 5.69 Å². The van der Waals surface area contributed by atoms with Crippen molar-refractivity contribution in [3.05, 3.63) is 75.8 Å². The van der Waals surface area contributed by atoms with Crippen LogP contribution in [0.3, 0.4) is 0 Å². The van der Waals surface area contributed by atoms with Crippen LogP contribution >= 0.6 is 11.6 Å². The molecule has 0 fully saturated rings. The fourth-order valence-electron chi connectivity index (χ4n) is 3.29. The van der Waals surface area contributed by atoms with E-state index in [1.807, 2.05) is 12.1 Å². The van der Waals surface area contributed by atoms with Gasteiger partial charge in [-0.2, -0.15) is 10.5 Å². The minimum Gasteiger partial charge on any atom is -0.493 e. The molecule has 0 aliphatic carbocycles. The van der Waals surface area contributed by atoms with Crippen molar-refractivity contribution >= 4 is 29.2 Å². The Morgan fingerprint density at radius 1 is 0.889 bits per heavy atom. The molecule has 10 heteroatoms. The van der Waals surface area contributed by atoms with E-state index in [0.717, 1.165) is 0 Å². The topological polar surface area (TPSA) is 131 Å². The zero-order chi connectivity index (χ0) is 26.2. The number of ether oxygens (including phenoxy) is 4. The third-order valence-corrected chi connectivity index (χ3v) is 5.27. The highest BCUT2D eigenvalue weighted by Gasteiger charge is 2.19. The van der Waals surface area contributed by atoms with Crippen LogP contribution in [0.25, 0.3) is 0 Å². The number of hydrogen-bond donors (Lipinski definition) is 1. The van der Waals surface area contributed by atoms with Crippen LogP contribution in [-0.2, 0) is 16.0 Å². The third-order valence-electron chi connectivity index (χ3n) is 4.96. The molecule has 36 heavy (non-hydrogen) atoms. The molecule has 182 valence electrons. The number of benzene rings is 3. The molecule has 3 rings (SSSR count). The summed E-state index contributed by atoms with van der Waals surface area (Å²) in [5, 5.41) is 21.3. The van der Waals surface area contributed by atoms with Gasteiger partial charge in [0.05, 0.1) is 67.3 Å². The van der Waals surface area contributed by atoms with Gasteiger partial charge in [0.2, 0.25) is 5.91 Å². The second-order valence-corrected chi connectivity index (χ2v) is 7.71. The first-order chi connectivity index (χ1) is 17.3.